The first-order valence-corrected chi connectivity index (χ1v) is 6.79. The lowest BCUT2D eigenvalue weighted by Gasteiger charge is -2.12. The SMILES string of the molecule is Nc1cc(Nc2c(Br)cccc2Br)nc(C(F)(F)F)n1. The molecule has 3 N–H and O–H groups in total. The van der Waals surface area contributed by atoms with Gasteiger partial charge in [-0.15, -0.1) is 0 Å². The zero-order valence-corrected chi connectivity index (χ0v) is 12.8. The van der Waals surface area contributed by atoms with E-state index in [0.717, 1.165) is 0 Å². The molecule has 0 amide bonds. The fraction of sp³-hybridized carbons (Fsp3) is 0.0909. The first kappa shape index (κ1) is 15.0. The molecule has 0 saturated heterocycles. The molecule has 4 nitrogen and oxygen atoms in total. The molecule has 0 fully saturated rings. The molecule has 9 heteroatoms. The summed E-state index contributed by atoms with van der Waals surface area (Å²) in [4.78, 5) is 6.58. The highest BCUT2D eigenvalue weighted by Gasteiger charge is 2.35. The number of benzene rings is 1. The second kappa shape index (κ2) is 5.57. The Morgan fingerprint density at radius 2 is 1.70 bits per heavy atom. The molecule has 1 heterocycles. The van der Waals surface area contributed by atoms with E-state index in [2.05, 4.69) is 47.1 Å². The van der Waals surface area contributed by atoms with Crippen molar-refractivity contribution in [3.05, 3.63) is 39.0 Å². The zero-order valence-electron chi connectivity index (χ0n) is 9.67. The van der Waals surface area contributed by atoms with Crippen molar-refractivity contribution in [2.75, 3.05) is 11.1 Å². The maximum Gasteiger partial charge on any atom is 0.451 e. The van der Waals surface area contributed by atoms with Gasteiger partial charge in [-0.2, -0.15) is 13.2 Å². The van der Waals surface area contributed by atoms with Crippen LogP contribution >= 0.6 is 31.9 Å². The smallest absolute Gasteiger partial charge is 0.384 e. The van der Waals surface area contributed by atoms with Crippen LogP contribution in [-0.2, 0) is 6.18 Å². The Labute approximate surface area is 128 Å². The van der Waals surface area contributed by atoms with Gasteiger partial charge in [-0.3, -0.25) is 0 Å². The Morgan fingerprint density at radius 3 is 2.25 bits per heavy atom. The van der Waals surface area contributed by atoms with Crippen molar-refractivity contribution in [2.45, 2.75) is 6.18 Å². The Morgan fingerprint density at radius 1 is 1.10 bits per heavy atom. The topological polar surface area (TPSA) is 63.8 Å². The van der Waals surface area contributed by atoms with Crippen LogP contribution in [0.4, 0.5) is 30.5 Å². The van der Waals surface area contributed by atoms with Crippen LogP contribution in [0.3, 0.4) is 0 Å². The van der Waals surface area contributed by atoms with Crippen LogP contribution in [0.5, 0.6) is 0 Å². The van der Waals surface area contributed by atoms with Gasteiger partial charge in [0.05, 0.1) is 5.69 Å². The van der Waals surface area contributed by atoms with Crippen LogP contribution in [0.15, 0.2) is 33.2 Å². The second-order valence-electron chi connectivity index (χ2n) is 3.72. The molecular formula is C11H7Br2F3N4. The van der Waals surface area contributed by atoms with E-state index in [0.29, 0.717) is 14.6 Å². The molecule has 0 radical (unpaired) electrons. The van der Waals surface area contributed by atoms with E-state index in [1.165, 1.54) is 6.07 Å². The maximum absolute atomic E-state index is 12.6. The number of rotatable bonds is 2. The number of nitrogens with zero attached hydrogens (tertiary/aromatic N) is 2. The number of nitrogens with one attached hydrogen (secondary N) is 1. The summed E-state index contributed by atoms with van der Waals surface area (Å²) in [6, 6.07) is 6.47. The molecule has 2 aromatic rings. The highest BCUT2D eigenvalue weighted by Crippen LogP contribution is 2.34. The summed E-state index contributed by atoms with van der Waals surface area (Å²) in [6.07, 6.45) is -4.66. The van der Waals surface area contributed by atoms with Gasteiger partial charge in [0, 0.05) is 15.0 Å². The molecule has 0 aliphatic carbocycles. The van der Waals surface area contributed by atoms with Crippen molar-refractivity contribution in [1.29, 1.82) is 0 Å². The standard InChI is InChI=1S/C11H7Br2F3N4/c12-5-2-1-3-6(13)9(5)19-8-4-7(17)18-10(20-8)11(14,15)16/h1-4H,(H3,17,18,19,20). The molecular weight excluding hydrogens is 405 g/mol. The summed E-state index contributed by atoms with van der Waals surface area (Å²) in [6.45, 7) is 0. The van der Waals surface area contributed by atoms with Gasteiger partial charge < -0.3 is 11.1 Å². The molecule has 0 aliphatic rings. The van der Waals surface area contributed by atoms with Crippen LogP contribution in [0.2, 0.25) is 0 Å². The number of anilines is 3. The van der Waals surface area contributed by atoms with Crippen molar-refractivity contribution in [2.24, 2.45) is 0 Å². The predicted molar refractivity (Wildman–Crippen MR) is 76.6 cm³/mol. The summed E-state index contributed by atoms with van der Waals surface area (Å²) in [7, 11) is 0. The highest BCUT2D eigenvalue weighted by atomic mass is 79.9. The van der Waals surface area contributed by atoms with E-state index in [-0.39, 0.29) is 11.6 Å². The number of halogens is 5. The minimum atomic E-state index is -4.66. The van der Waals surface area contributed by atoms with Crippen molar-refractivity contribution in [3.63, 3.8) is 0 Å². The number of aromatic nitrogens is 2. The van der Waals surface area contributed by atoms with Crippen molar-refractivity contribution >= 4 is 49.2 Å². The number of alkyl halides is 3. The second-order valence-corrected chi connectivity index (χ2v) is 5.43. The summed E-state index contributed by atoms with van der Waals surface area (Å²) in [5, 5.41) is 2.77. The van der Waals surface area contributed by atoms with Gasteiger partial charge in [-0.05, 0) is 44.0 Å². The van der Waals surface area contributed by atoms with E-state index in [1.807, 2.05) is 0 Å². The Balaban J connectivity index is 2.42. The quantitative estimate of drug-likeness (QED) is 0.771. The van der Waals surface area contributed by atoms with E-state index in [1.54, 1.807) is 18.2 Å². The Bertz CT molecular complexity index is 626. The first-order valence-electron chi connectivity index (χ1n) is 5.20. The Kier molecular flexibility index (Phi) is 4.19. The lowest BCUT2D eigenvalue weighted by Crippen LogP contribution is -2.13. The lowest BCUT2D eigenvalue weighted by atomic mass is 10.3. The van der Waals surface area contributed by atoms with Crippen LogP contribution in [0.25, 0.3) is 0 Å². The molecule has 0 bridgehead atoms. The zero-order chi connectivity index (χ0) is 14.9. The molecule has 1 aromatic heterocycles. The average Bonchev–Trinajstić information content (AvgIpc) is 2.32. The van der Waals surface area contributed by atoms with E-state index in [4.69, 9.17) is 5.73 Å². The van der Waals surface area contributed by atoms with E-state index < -0.39 is 12.0 Å². The van der Waals surface area contributed by atoms with Gasteiger partial charge in [-0.1, -0.05) is 6.07 Å². The fourth-order valence-electron chi connectivity index (χ4n) is 1.40. The molecule has 0 spiro atoms. The third-order valence-corrected chi connectivity index (χ3v) is 3.54. The van der Waals surface area contributed by atoms with Gasteiger partial charge in [0.1, 0.15) is 11.6 Å². The summed E-state index contributed by atoms with van der Waals surface area (Å²) in [5.74, 6) is -1.60. The monoisotopic (exact) mass is 410 g/mol. The minimum absolute atomic E-state index is 0.0441. The van der Waals surface area contributed by atoms with Crippen LogP contribution in [0, 0.1) is 0 Å². The number of nitrogen functional groups attached to an aromatic ring is 1. The molecule has 0 saturated carbocycles. The largest absolute Gasteiger partial charge is 0.451 e. The molecule has 106 valence electrons. The molecule has 0 atom stereocenters. The van der Waals surface area contributed by atoms with Crippen molar-refractivity contribution in [3.8, 4) is 0 Å². The minimum Gasteiger partial charge on any atom is -0.384 e. The van der Waals surface area contributed by atoms with Crippen LogP contribution in [-0.4, -0.2) is 9.97 Å². The molecule has 0 unspecified atom stereocenters. The van der Waals surface area contributed by atoms with Crippen molar-refractivity contribution < 1.29 is 13.2 Å². The Hall–Kier alpha value is -1.35. The third kappa shape index (κ3) is 3.40. The van der Waals surface area contributed by atoms with Crippen LogP contribution in [0.1, 0.15) is 5.82 Å². The third-order valence-electron chi connectivity index (χ3n) is 2.22. The summed E-state index contributed by atoms with van der Waals surface area (Å²) < 4.78 is 39.2. The number of hydrogen-bond donors (Lipinski definition) is 2. The average molecular weight is 412 g/mol. The van der Waals surface area contributed by atoms with Crippen molar-refractivity contribution in [1.82, 2.24) is 9.97 Å². The normalized spacial score (nSPS) is 11.4. The summed E-state index contributed by atoms with van der Waals surface area (Å²) >= 11 is 6.58. The van der Waals surface area contributed by atoms with E-state index >= 15 is 0 Å². The summed E-state index contributed by atoms with van der Waals surface area (Å²) in [5.41, 5.74) is 5.91. The maximum atomic E-state index is 12.6. The van der Waals surface area contributed by atoms with Gasteiger partial charge in [0.25, 0.3) is 0 Å². The first-order chi connectivity index (χ1) is 9.27. The molecule has 1 aromatic carbocycles. The molecule has 2 rings (SSSR count). The van der Waals surface area contributed by atoms with Gasteiger partial charge in [0.2, 0.25) is 5.82 Å². The highest BCUT2D eigenvalue weighted by molar-refractivity contribution is 9.11. The lowest BCUT2D eigenvalue weighted by molar-refractivity contribution is -0.144. The van der Waals surface area contributed by atoms with Gasteiger partial charge in [-0.25, -0.2) is 9.97 Å². The van der Waals surface area contributed by atoms with Gasteiger partial charge in [0.15, 0.2) is 0 Å². The number of hydrogen-bond acceptors (Lipinski definition) is 4. The fourth-order valence-corrected chi connectivity index (χ4v) is 2.60. The van der Waals surface area contributed by atoms with Gasteiger partial charge >= 0.3 is 6.18 Å². The molecule has 20 heavy (non-hydrogen) atoms. The number of para-hydroxylation sites is 1. The molecule has 0 aliphatic heterocycles. The van der Waals surface area contributed by atoms with E-state index in [9.17, 15) is 13.2 Å². The number of nitrogens with two attached hydrogens (primary N) is 1. The predicted octanol–water partition coefficient (Wildman–Crippen LogP) is 4.35. The van der Waals surface area contributed by atoms with Crippen LogP contribution < -0.4 is 11.1 Å².